The fraction of sp³-hybridized carbons (Fsp3) is 0. The molecule has 0 atom stereocenters. The number of benzene rings is 2. The molecule has 2 aromatic carbocycles. The van der Waals surface area contributed by atoms with Crippen molar-refractivity contribution in [2.75, 3.05) is 5.32 Å². The standard InChI is InChI=1S/C15H9BrN4O3S/c16-11-5-1-3-9(7-11)13(21)17-15-19-18-14(24-15)10-4-2-6-12(8-10)20(22)23/h1-8H,(H,17,19,21). The number of amides is 1. The Morgan fingerprint density at radius 2 is 1.96 bits per heavy atom. The zero-order valence-electron chi connectivity index (χ0n) is 12.0. The van der Waals surface area contributed by atoms with E-state index >= 15 is 0 Å². The SMILES string of the molecule is O=C(Nc1nnc(-c2cccc([N+](=O)[O-])c2)s1)c1cccc(Br)c1. The van der Waals surface area contributed by atoms with Gasteiger partial charge in [-0.05, 0) is 18.2 Å². The minimum absolute atomic E-state index is 0.0255. The Hall–Kier alpha value is -2.65. The van der Waals surface area contributed by atoms with Gasteiger partial charge in [0.15, 0.2) is 0 Å². The zero-order chi connectivity index (χ0) is 17.1. The van der Waals surface area contributed by atoms with E-state index in [4.69, 9.17) is 0 Å². The number of carbonyl (C=O) groups excluding carboxylic acids is 1. The lowest BCUT2D eigenvalue weighted by molar-refractivity contribution is -0.384. The van der Waals surface area contributed by atoms with Crippen LogP contribution in [0, 0.1) is 10.1 Å². The van der Waals surface area contributed by atoms with E-state index in [2.05, 4.69) is 31.4 Å². The Kier molecular flexibility index (Phi) is 4.63. The van der Waals surface area contributed by atoms with E-state index in [0.717, 1.165) is 15.8 Å². The van der Waals surface area contributed by atoms with Crippen molar-refractivity contribution in [3.63, 3.8) is 0 Å². The minimum Gasteiger partial charge on any atom is -0.296 e. The summed E-state index contributed by atoms with van der Waals surface area (Å²) < 4.78 is 0.796. The van der Waals surface area contributed by atoms with Gasteiger partial charge in [-0.1, -0.05) is 45.5 Å². The maximum Gasteiger partial charge on any atom is 0.270 e. The van der Waals surface area contributed by atoms with Crippen LogP contribution in [0.4, 0.5) is 10.8 Å². The average Bonchev–Trinajstić information content (AvgIpc) is 3.03. The molecule has 1 heterocycles. The zero-order valence-corrected chi connectivity index (χ0v) is 14.4. The van der Waals surface area contributed by atoms with Crippen molar-refractivity contribution in [3.8, 4) is 10.6 Å². The first-order valence-electron chi connectivity index (χ1n) is 6.68. The average molecular weight is 405 g/mol. The summed E-state index contributed by atoms with van der Waals surface area (Å²) in [6, 6.07) is 13.1. The van der Waals surface area contributed by atoms with Gasteiger partial charge in [-0.15, -0.1) is 10.2 Å². The minimum atomic E-state index is -0.472. The lowest BCUT2D eigenvalue weighted by atomic mass is 10.2. The van der Waals surface area contributed by atoms with Crippen molar-refractivity contribution in [2.24, 2.45) is 0 Å². The third kappa shape index (κ3) is 3.63. The second kappa shape index (κ2) is 6.85. The number of nitro benzene ring substituents is 1. The summed E-state index contributed by atoms with van der Waals surface area (Å²) in [6.45, 7) is 0. The van der Waals surface area contributed by atoms with E-state index in [1.165, 1.54) is 12.1 Å². The Labute approximate surface area is 148 Å². The molecule has 0 aliphatic carbocycles. The highest BCUT2D eigenvalue weighted by Gasteiger charge is 2.13. The van der Waals surface area contributed by atoms with E-state index in [1.54, 1.807) is 30.3 Å². The number of rotatable bonds is 4. The van der Waals surface area contributed by atoms with Gasteiger partial charge in [0.1, 0.15) is 5.01 Å². The monoisotopic (exact) mass is 404 g/mol. The number of non-ortho nitro benzene ring substituents is 1. The number of nitro groups is 1. The fourth-order valence-corrected chi connectivity index (χ4v) is 3.08. The first kappa shape index (κ1) is 16.2. The lowest BCUT2D eigenvalue weighted by Gasteiger charge is -2.01. The first-order chi connectivity index (χ1) is 11.5. The van der Waals surface area contributed by atoms with Crippen molar-refractivity contribution in [2.45, 2.75) is 0 Å². The van der Waals surface area contributed by atoms with E-state index in [-0.39, 0.29) is 11.6 Å². The van der Waals surface area contributed by atoms with Crippen LogP contribution in [-0.4, -0.2) is 21.0 Å². The van der Waals surface area contributed by atoms with Gasteiger partial charge in [0, 0.05) is 27.7 Å². The Balaban J connectivity index is 1.80. The van der Waals surface area contributed by atoms with Crippen LogP contribution in [0.3, 0.4) is 0 Å². The summed E-state index contributed by atoms with van der Waals surface area (Å²) in [5.74, 6) is -0.307. The number of halogens is 1. The summed E-state index contributed by atoms with van der Waals surface area (Å²) in [6.07, 6.45) is 0. The molecule has 0 aliphatic rings. The Bertz CT molecular complexity index is 928. The molecule has 3 aromatic rings. The topological polar surface area (TPSA) is 98.0 Å². The molecule has 0 spiro atoms. The van der Waals surface area contributed by atoms with Crippen molar-refractivity contribution < 1.29 is 9.72 Å². The number of hydrogen-bond donors (Lipinski definition) is 1. The van der Waals surface area contributed by atoms with Crippen molar-refractivity contribution >= 4 is 44.0 Å². The smallest absolute Gasteiger partial charge is 0.270 e. The summed E-state index contributed by atoms with van der Waals surface area (Å²) in [7, 11) is 0. The highest BCUT2D eigenvalue weighted by molar-refractivity contribution is 9.10. The number of nitrogens with one attached hydrogen (secondary N) is 1. The fourth-order valence-electron chi connectivity index (χ4n) is 1.94. The molecule has 0 saturated heterocycles. The number of aromatic nitrogens is 2. The van der Waals surface area contributed by atoms with E-state index in [1.807, 2.05) is 6.07 Å². The largest absolute Gasteiger partial charge is 0.296 e. The molecule has 0 aliphatic heterocycles. The predicted molar refractivity (Wildman–Crippen MR) is 94.1 cm³/mol. The maximum atomic E-state index is 12.2. The van der Waals surface area contributed by atoms with Crippen LogP contribution < -0.4 is 5.32 Å². The molecular formula is C15H9BrN4O3S. The molecule has 120 valence electrons. The number of hydrogen-bond acceptors (Lipinski definition) is 6. The molecule has 0 radical (unpaired) electrons. The van der Waals surface area contributed by atoms with Crippen LogP contribution in [0.5, 0.6) is 0 Å². The van der Waals surface area contributed by atoms with Gasteiger partial charge in [0.05, 0.1) is 4.92 Å². The van der Waals surface area contributed by atoms with Crippen LogP contribution in [0.25, 0.3) is 10.6 Å². The van der Waals surface area contributed by atoms with Gasteiger partial charge in [0.25, 0.3) is 11.6 Å². The molecule has 3 rings (SSSR count). The van der Waals surface area contributed by atoms with Gasteiger partial charge in [0.2, 0.25) is 5.13 Å². The number of nitrogens with zero attached hydrogens (tertiary/aromatic N) is 3. The van der Waals surface area contributed by atoms with Crippen LogP contribution in [0.1, 0.15) is 10.4 Å². The quantitative estimate of drug-likeness (QED) is 0.520. The van der Waals surface area contributed by atoms with Crippen LogP contribution in [0.15, 0.2) is 53.0 Å². The molecule has 1 N–H and O–H groups in total. The lowest BCUT2D eigenvalue weighted by Crippen LogP contribution is -2.11. The van der Waals surface area contributed by atoms with Gasteiger partial charge >= 0.3 is 0 Å². The maximum absolute atomic E-state index is 12.2. The van der Waals surface area contributed by atoms with Gasteiger partial charge in [-0.3, -0.25) is 20.2 Å². The molecule has 7 nitrogen and oxygen atoms in total. The summed E-state index contributed by atoms with van der Waals surface area (Å²) in [4.78, 5) is 22.5. The number of carbonyl (C=O) groups is 1. The molecule has 0 bridgehead atoms. The second-order valence-corrected chi connectivity index (χ2v) is 6.58. The molecular weight excluding hydrogens is 396 g/mol. The summed E-state index contributed by atoms with van der Waals surface area (Å²) in [5.41, 5.74) is 1.03. The number of anilines is 1. The Morgan fingerprint density at radius 1 is 1.17 bits per heavy atom. The molecule has 1 aromatic heterocycles. The van der Waals surface area contributed by atoms with E-state index < -0.39 is 4.92 Å². The van der Waals surface area contributed by atoms with Crippen molar-refractivity contribution in [1.82, 2.24) is 10.2 Å². The summed E-state index contributed by atoms with van der Waals surface area (Å²) in [5, 5.41) is 22.2. The van der Waals surface area contributed by atoms with Crippen molar-refractivity contribution in [1.29, 1.82) is 0 Å². The third-order valence-corrected chi connectivity index (χ3v) is 4.42. The molecule has 24 heavy (non-hydrogen) atoms. The normalized spacial score (nSPS) is 10.4. The van der Waals surface area contributed by atoms with Gasteiger partial charge < -0.3 is 0 Å². The van der Waals surface area contributed by atoms with Crippen molar-refractivity contribution in [3.05, 3.63) is 68.7 Å². The van der Waals surface area contributed by atoms with Gasteiger partial charge in [-0.25, -0.2) is 0 Å². The van der Waals surface area contributed by atoms with E-state index in [0.29, 0.717) is 21.3 Å². The van der Waals surface area contributed by atoms with Crippen LogP contribution in [0.2, 0.25) is 0 Å². The molecule has 0 fully saturated rings. The highest BCUT2D eigenvalue weighted by Crippen LogP contribution is 2.29. The summed E-state index contributed by atoms with van der Waals surface area (Å²) >= 11 is 4.45. The third-order valence-electron chi connectivity index (χ3n) is 3.04. The van der Waals surface area contributed by atoms with Crippen LogP contribution >= 0.6 is 27.3 Å². The second-order valence-electron chi connectivity index (χ2n) is 4.68. The molecule has 0 unspecified atom stereocenters. The molecule has 9 heteroatoms. The highest BCUT2D eigenvalue weighted by atomic mass is 79.9. The first-order valence-corrected chi connectivity index (χ1v) is 8.29. The Morgan fingerprint density at radius 3 is 2.71 bits per heavy atom. The van der Waals surface area contributed by atoms with E-state index in [9.17, 15) is 14.9 Å². The molecule has 1 amide bonds. The van der Waals surface area contributed by atoms with Crippen LogP contribution in [-0.2, 0) is 0 Å². The predicted octanol–water partition coefficient (Wildman–Crippen LogP) is 4.13. The van der Waals surface area contributed by atoms with Gasteiger partial charge in [-0.2, -0.15) is 0 Å². The molecule has 0 saturated carbocycles.